The first-order valence-corrected chi connectivity index (χ1v) is 3.64. The van der Waals surface area contributed by atoms with E-state index in [2.05, 4.69) is 5.32 Å². The van der Waals surface area contributed by atoms with Crippen LogP contribution in [-0.4, -0.2) is 18.9 Å². The van der Waals surface area contributed by atoms with Crippen LogP contribution >= 0.6 is 0 Å². The van der Waals surface area contributed by atoms with Gasteiger partial charge in [0.15, 0.2) is 0 Å². The van der Waals surface area contributed by atoms with Crippen LogP contribution in [-0.2, 0) is 4.79 Å². The second kappa shape index (κ2) is 2.75. The van der Waals surface area contributed by atoms with Crippen molar-refractivity contribution >= 4 is 5.91 Å². The molecule has 1 amide bonds. The molecule has 2 nitrogen and oxygen atoms in total. The van der Waals surface area contributed by atoms with Crippen LogP contribution in [0.2, 0.25) is 0 Å². The third kappa shape index (κ3) is 1.34. The van der Waals surface area contributed by atoms with Gasteiger partial charge in [-0.15, -0.1) is 0 Å². The zero-order valence-corrected chi connectivity index (χ0v) is 6.36. The van der Waals surface area contributed by atoms with E-state index in [4.69, 9.17) is 0 Å². The minimum Gasteiger partial charge on any atom is -0.355 e. The molecule has 64 valence electrons. The molecule has 0 aromatic carbocycles. The van der Waals surface area contributed by atoms with Crippen LogP contribution in [0.3, 0.4) is 0 Å². The fourth-order valence-electron chi connectivity index (χ4n) is 1.18. The highest BCUT2D eigenvalue weighted by atomic mass is 19.3. The highest BCUT2D eigenvalue weighted by Crippen LogP contribution is 2.33. The summed E-state index contributed by atoms with van der Waals surface area (Å²) in [4.78, 5) is 11.0. The third-order valence-electron chi connectivity index (χ3n) is 2.16. The summed E-state index contributed by atoms with van der Waals surface area (Å²) in [6.07, 6.45) is -1.62. The minimum atomic E-state index is -2.55. The van der Waals surface area contributed by atoms with Gasteiger partial charge >= 0.3 is 0 Å². The maximum absolute atomic E-state index is 12.3. The van der Waals surface area contributed by atoms with Gasteiger partial charge in [-0.1, -0.05) is 0 Å². The molecule has 4 heteroatoms. The number of halogens is 2. The van der Waals surface area contributed by atoms with Crippen LogP contribution in [0.4, 0.5) is 8.78 Å². The maximum atomic E-state index is 12.3. The first-order valence-electron chi connectivity index (χ1n) is 3.64. The van der Waals surface area contributed by atoms with Crippen molar-refractivity contribution in [2.24, 2.45) is 5.41 Å². The zero-order chi connectivity index (χ0) is 8.48. The Kier molecular flexibility index (Phi) is 2.11. The predicted molar refractivity (Wildman–Crippen MR) is 36.4 cm³/mol. The van der Waals surface area contributed by atoms with E-state index in [-0.39, 0.29) is 6.42 Å². The monoisotopic (exact) mass is 163 g/mol. The minimum absolute atomic E-state index is 0.288. The first-order chi connectivity index (χ1) is 5.07. The second-order valence-electron chi connectivity index (χ2n) is 3.08. The molecule has 1 heterocycles. The van der Waals surface area contributed by atoms with Crippen molar-refractivity contribution in [2.75, 3.05) is 6.54 Å². The van der Waals surface area contributed by atoms with Gasteiger partial charge in [-0.05, 0) is 19.8 Å². The van der Waals surface area contributed by atoms with E-state index in [0.29, 0.717) is 13.0 Å². The van der Waals surface area contributed by atoms with E-state index in [1.165, 1.54) is 6.92 Å². The van der Waals surface area contributed by atoms with E-state index < -0.39 is 17.7 Å². The Morgan fingerprint density at radius 2 is 2.27 bits per heavy atom. The van der Waals surface area contributed by atoms with Crippen molar-refractivity contribution in [3.8, 4) is 0 Å². The molecule has 1 aliphatic heterocycles. The van der Waals surface area contributed by atoms with Gasteiger partial charge < -0.3 is 5.32 Å². The Labute approximate surface area is 64.0 Å². The lowest BCUT2D eigenvalue weighted by Crippen LogP contribution is -2.48. The van der Waals surface area contributed by atoms with Crippen LogP contribution in [0.5, 0.6) is 0 Å². The summed E-state index contributed by atoms with van der Waals surface area (Å²) in [5.41, 5.74) is -1.45. The number of amides is 1. The molecule has 0 saturated carbocycles. The Hall–Kier alpha value is -0.670. The van der Waals surface area contributed by atoms with Crippen molar-refractivity contribution in [3.05, 3.63) is 0 Å². The molecule has 0 aromatic heterocycles. The van der Waals surface area contributed by atoms with Crippen LogP contribution in [0.15, 0.2) is 0 Å². The Balaban J connectivity index is 2.73. The van der Waals surface area contributed by atoms with E-state index in [0.717, 1.165) is 0 Å². The van der Waals surface area contributed by atoms with Gasteiger partial charge in [0.05, 0.1) is 0 Å². The lowest BCUT2D eigenvalue weighted by molar-refractivity contribution is -0.142. The summed E-state index contributed by atoms with van der Waals surface area (Å²) in [5, 5.41) is 2.44. The van der Waals surface area contributed by atoms with Gasteiger partial charge in [-0.2, -0.15) is 0 Å². The standard InChI is InChI=1S/C7H11F2NO/c1-7(5(8)9)3-2-4-10-6(7)11/h5H,2-4H2,1H3,(H,10,11). The topological polar surface area (TPSA) is 29.1 Å². The molecule has 1 saturated heterocycles. The Bertz CT molecular complexity index is 172. The number of hydrogen-bond donors (Lipinski definition) is 1. The van der Waals surface area contributed by atoms with Crippen molar-refractivity contribution in [3.63, 3.8) is 0 Å². The maximum Gasteiger partial charge on any atom is 0.252 e. The highest BCUT2D eigenvalue weighted by Gasteiger charge is 2.43. The fraction of sp³-hybridized carbons (Fsp3) is 0.857. The van der Waals surface area contributed by atoms with Gasteiger partial charge in [0.2, 0.25) is 5.91 Å². The summed E-state index contributed by atoms with van der Waals surface area (Å²) in [6, 6.07) is 0. The molecule has 1 fully saturated rings. The van der Waals surface area contributed by atoms with E-state index in [9.17, 15) is 13.6 Å². The number of alkyl halides is 2. The van der Waals surface area contributed by atoms with Gasteiger partial charge in [0.25, 0.3) is 6.43 Å². The van der Waals surface area contributed by atoms with Crippen molar-refractivity contribution < 1.29 is 13.6 Å². The van der Waals surface area contributed by atoms with Crippen molar-refractivity contribution in [1.82, 2.24) is 5.32 Å². The summed E-state index contributed by atoms with van der Waals surface area (Å²) in [6.45, 7) is 1.84. The number of rotatable bonds is 1. The molecule has 0 radical (unpaired) electrons. The Morgan fingerprint density at radius 1 is 1.64 bits per heavy atom. The first kappa shape index (κ1) is 8.43. The Morgan fingerprint density at radius 3 is 2.64 bits per heavy atom. The molecular weight excluding hydrogens is 152 g/mol. The van der Waals surface area contributed by atoms with Crippen LogP contribution in [0.25, 0.3) is 0 Å². The van der Waals surface area contributed by atoms with Crippen LogP contribution < -0.4 is 5.32 Å². The molecule has 1 unspecified atom stereocenters. The SMILES string of the molecule is CC1(C(F)F)CCCNC1=O. The third-order valence-corrected chi connectivity index (χ3v) is 2.16. The number of carbonyl (C=O) groups excluding carboxylic acids is 1. The number of carbonyl (C=O) groups is 1. The average Bonchev–Trinajstić information content (AvgIpc) is 1.95. The predicted octanol–water partition coefficient (Wildman–Crippen LogP) is 1.17. The molecule has 0 bridgehead atoms. The number of nitrogens with one attached hydrogen (secondary N) is 1. The lowest BCUT2D eigenvalue weighted by Gasteiger charge is -2.31. The quantitative estimate of drug-likeness (QED) is 0.617. The van der Waals surface area contributed by atoms with E-state index in [1.807, 2.05) is 0 Å². The number of hydrogen-bond acceptors (Lipinski definition) is 1. The van der Waals surface area contributed by atoms with Crippen LogP contribution in [0, 0.1) is 5.41 Å². The van der Waals surface area contributed by atoms with Gasteiger partial charge in [-0.25, -0.2) is 8.78 Å². The van der Waals surface area contributed by atoms with Gasteiger partial charge in [0.1, 0.15) is 5.41 Å². The molecule has 11 heavy (non-hydrogen) atoms. The van der Waals surface area contributed by atoms with E-state index in [1.54, 1.807) is 0 Å². The summed E-state index contributed by atoms with van der Waals surface area (Å²) in [7, 11) is 0. The lowest BCUT2D eigenvalue weighted by atomic mass is 9.82. The molecular formula is C7H11F2NO. The van der Waals surface area contributed by atoms with Crippen LogP contribution in [0.1, 0.15) is 19.8 Å². The van der Waals surface area contributed by atoms with Gasteiger partial charge in [-0.3, -0.25) is 4.79 Å². The second-order valence-corrected chi connectivity index (χ2v) is 3.08. The highest BCUT2D eigenvalue weighted by molar-refractivity contribution is 5.83. The molecule has 1 atom stereocenters. The molecule has 1 rings (SSSR count). The molecule has 0 spiro atoms. The molecule has 0 aromatic rings. The zero-order valence-electron chi connectivity index (χ0n) is 6.36. The van der Waals surface area contributed by atoms with Crippen molar-refractivity contribution in [1.29, 1.82) is 0 Å². The molecule has 1 aliphatic rings. The summed E-state index contributed by atoms with van der Waals surface area (Å²) >= 11 is 0. The van der Waals surface area contributed by atoms with Crippen molar-refractivity contribution in [2.45, 2.75) is 26.2 Å². The average molecular weight is 163 g/mol. The molecule has 0 aliphatic carbocycles. The fourth-order valence-corrected chi connectivity index (χ4v) is 1.18. The molecule has 1 N–H and O–H groups in total. The summed E-state index contributed by atoms with van der Waals surface area (Å²) < 4.78 is 24.6. The normalized spacial score (nSPS) is 32.2. The smallest absolute Gasteiger partial charge is 0.252 e. The summed E-state index contributed by atoms with van der Waals surface area (Å²) in [5.74, 6) is -0.515. The number of piperidine rings is 1. The van der Waals surface area contributed by atoms with E-state index >= 15 is 0 Å². The largest absolute Gasteiger partial charge is 0.355 e. The van der Waals surface area contributed by atoms with Gasteiger partial charge in [0, 0.05) is 6.54 Å².